The Kier molecular flexibility index (Phi) is 3.54. The molecule has 0 unspecified atom stereocenters. The van der Waals surface area contributed by atoms with Crippen LogP contribution in [0.25, 0.3) is 0 Å². The molecule has 0 amide bonds. The zero-order valence-corrected chi connectivity index (χ0v) is 9.74. The highest BCUT2D eigenvalue weighted by atomic mass is 35.5. The molecule has 0 aliphatic carbocycles. The van der Waals surface area contributed by atoms with Crippen molar-refractivity contribution in [1.29, 1.82) is 0 Å². The number of piperidine rings is 1. The van der Waals surface area contributed by atoms with Crippen molar-refractivity contribution in [2.45, 2.75) is 26.3 Å². The van der Waals surface area contributed by atoms with Gasteiger partial charge in [-0.1, -0.05) is 18.5 Å². The molecular formula is C11H16ClN3. The van der Waals surface area contributed by atoms with E-state index in [1.165, 1.54) is 25.9 Å². The second-order valence-corrected chi connectivity index (χ2v) is 4.68. The molecule has 2 heterocycles. The van der Waals surface area contributed by atoms with Crippen LogP contribution in [0.15, 0.2) is 12.4 Å². The number of likely N-dealkylation sites (tertiary alicyclic amines) is 1. The molecule has 0 aromatic carbocycles. The standard InChI is InChI=1S/C11H16ClN3/c1-9-2-4-15(5-3-9)8-10-6-14-11(12)7-13-10/h6-7,9H,2-5,8H2,1H3. The van der Waals surface area contributed by atoms with Crippen LogP contribution in [-0.2, 0) is 6.54 Å². The third-order valence-corrected chi connectivity index (χ3v) is 3.13. The molecule has 0 saturated carbocycles. The minimum atomic E-state index is 0.464. The first-order chi connectivity index (χ1) is 7.24. The van der Waals surface area contributed by atoms with Crippen LogP contribution in [0.3, 0.4) is 0 Å². The van der Waals surface area contributed by atoms with Gasteiger partial charge in [0, 0.05) is 6.54 Å². The van der Waals surface area contributed by atoms with E-state index in [4.69, 9.17) is 11.6 Å². The Balaban J connectivity index is 1.89. The quantitative estimate of drug-likeness (QED) is 0.774. The first-order valence-electron chi connectivity index (χ1n) is 5.43. The Morgan fingerprint density at radius 1 is 1.33 bits per heavy atom. The minimum Gasteiger partial charge on any atom is -0.297 e. The van der Waals surface area contributed by atoms with E-state index in [0.717, 1.165) is 18.2 Å². The molecule has 1 aliphatic heterocycles. The van der Waals surface area contributed by atoms with Gasteiger partial charge in [0.15, 0.2) is 0 Å². The molecule has 4 heteroatoms. The van der Waals surface area contributed by atoms with Crippen molar-refractivity contribution in [1.82, 2.24) is 14.9 Å². The zero-order valence-electron chi connectivity index (χ0n) is 8.99. The fourth-order valence-electron chi connectivity index (χ4n) is 1.87. The molecule has 2 rings (SSSR count). The maximum atomic E-state index is 5.69. The van der Waals surface area contributed by atoms with Gasteiger partial charge in [0.1, 0.15) is 5.15 Å². The Labute approximate surface area is 95.5 Å². The maximum Gasteiger partial charge on any atom is 0.147 e. The van der Waals surface area contributed by atoms with Crippen LogP contribution in [0.1, 0.15) is 25.5 Å². The third-order valence-electron chi connectivity index (χ3n) is 2.94. The average molecular weight is 226 g/mol. The van der Waals surface area contributed by atoms with Crippen LogP contribution >= 0.6 is 11.6 Å². The summed E-state index contributed by atoms with van der Waals surface area (Å²) < 4.78 is 0. The van der Waals surface area contributed by atoms with E-state index in [1.54, 1.807) is 12.4 Å². The van der Waals surface area contributed by atoms with Gasteiger partial charge in [-0.15, -0.1) is 0 Å². The summed E-state index contributed by atoms with van der Waals surface area (Å²) in [5.74, 6) is 0.873. The SMILES string of the molecule is CC1CCN(Cc2cnc(Cl)cn2)CC1. The molecular weight excluding hydrogens is 210 g/mol. The van der Waals surface area contributed by atoms with E-state index < -0.39 is 0 Å². The minimum absolute atomic E-state index is 0.464. The molecule has 1 aliphatic rings. The van der Waals surface area contributed by atoms with Gasteiger partial charge in [0.25, 0.3) is 0 Å². The van der Waals surface area contributed by atoms with Crippen molar-refractivity contribution in [2.75, 3.05) is 13.1 Å². The van der Waals surface area contributed by atoms with Crippen LogP contribution in [0.2, 0.25) is 5.15 Å². The second kappa shape index (κ2) is 4.90. The summed E-state index contributed by atoms with van der Waals surface area (Å²) >= 11 is 5.69. The normalized spacial score (nSPS) is 19.3. The fourth-order valence-corrected chi connectivity index (χ4v) is 1.97. The van der Waals surface area contributed by atoms with Gasteiger partial charge >= 0.3 is 0 Å². The summed E-state index contributed by atoms with van der Waals surface area (Å²) in [5.41, 5.74) is 1.01. The van der Waals surface area contributed by atoms with Gasteiger partial charge in [-0.3, -0.25) is 9.88 Å². The first kappa shape index (κ1) is 10.8. The Bertz CT molecular complexity index is 304. The van der Waals surface area contributed by atoms with Crippen molar-refractivity contribution in [3.63, 3.8) is 0 Å². The van der Waals surface area contributed by atoms with Gasteiger partial charge in [-0.2, -0.15) is 0 Å². The van der Waals surface area contributed by atoms with E-state index >= 15 is 0 Å². The Morgan fingerprint density at radius 3 is 2.67 bits per heavy atom. The number of aromatic nitrogens is 2. The molecule has 0 bridgehead atoms. The second-order valence-electron chi connectivity index (χ2n) is 4.29. The van der Waals surface area contributed by atoms with Crippen molar-refractivity contribution in [2.24, 2.45) is 5.92 Å². The van der Waals surface area contributed by atoms with E-state index in [1.807, 2.05) is 0 Å². The molecule has 1 saturated heterocycles. The molecule has 1 aromatic heterocycles. The smallest absolute Gasteiger partial charge is 0.147 e. The van der Waals surface area contributed by atoms with E-state index in [9.17, 15) is 0 Å². The molecule has 1 aromatic rings. The summed E-state index contributed by atoms with van der Waals surface area (Å²) in [6.45, 7) is 5.56. The number of hydrogen-bond acceptors (Lipinski definition) is 3. The van der Waals surface area contributed by atoms with Crippen LogP contribution in [0.5, 0.6) is 0 Å². The largest absolute Gasteiger partial charge is 0.297 e. The fraction of sp³-hybridized carbons (Fsp3) is 0.636. The van der Waals surface area contributed by atoms with Gasteiger partial charge in [-0.05, 0) is 31.8 Å². The zero-order chi connectivity index (χ0) is 10.7. The molecule has 15 heavy (non-hydrogen) atoms. The molecule has 3 nitrogen and oxygen atoms in total. The van der Waals surface area contributed by atoms with E-state index in [2.05, 4.69) is 21.8 Å². The highest BCUT2D eigenvalue weighted by Crippen LogP contribution is 2.17. The molecule has 0 spiro atoms. The summed E-state index contributed by atoms with van der Waals surface area (Å²) in [6, 6.07) is 0. The predicted octanol–water partition coefficient (Wildman–Crippen LogP) is 2.36. The monoisotopic (exact) mass is 225 g/mol. The maximum absolute atomic E-state index is 5.69. The van der Waals surface area contributed by atoms with Gasteiger partial charge in [-0.25, -0.2) is 4.98 Å². The van der Waals surface area contributed by atoms with Crippen molar-refractivity contribution in [3.8, 4) is 0 Å². The van der Waals surface area contributed by atoms with Crippen molar-refractivity contribution >= 4 is 11.6 Å². The summed E-state index contributed by atoms with van der Waals surface area (Å²) in [5, 5.41) is 0.464. The van der Waals surface area contributed by atoms with Gasteiger partial charge in [0.05, 0.1) is 18.1 Å². The van der Waals surface area contributed by atoms with Crippen LogP contribution in [-0.4, -0.2) is 28.0 Å². The highest BCUT2D eigenvalue weighted by molar-refractivity contribution is 6.29. The van der Waals surface area contributed by atoms with Crippen LogP contribution in [0.4, 0.5) is 0 Å². The van der Waals surface area contributed by atoms with E-state index in [0.29, 0.717) is 5.15 Å². The highest BCUT2D eigenvalue weighted by Gasteiger charge is 2.15. The first-order valence-corrected chi connectivity index (χ1v) is 5.80. The lowest BCUT2D eigenvalue weighted by Crippen LogP contribution is -2.32. The predicted molar refractivity (Wildman–Crippen MR) is 60.7 cm³/mol. The third kappa shape index (κ3) is 3.14. The lowest BCUT2D eigenvalue weighted by molar-refractivity contribution is 0.183. The van der Waals surface area contributed by atoms with Crippen molar-refractivity contribution in [3.05, 3.63) is 23.2 Å². The summed E-state index contributed by atoms with van der Waals surface area (Å²) in [6.07, 6.45) is 5.96. The topological polar surface area (TPSA) is 29.0 Å². The Hall–Kier alpha value is -0.670. The van der Waals surface area contributed by atoms with Crippen molar-refractivity contribution < 1.29 is 0 Å². The van der Waals surface area contributed by atoms with Gasteiger partial charge < -0.3 is 0 Å². The number of rotatable bonds is 2. The van der Waals surface area contributed by atoms with Crippen LogP contribution < -0.4 is 0 Å². The molecule has 0 N–H and O–H groups in total. The summed E-state index contributed by atoms with van der Waals surface area (Å²) in [4.78, 5) is 10.7. The lowest BCUT2D eigenvalue weighted by Gasteiger charge is -2.29. The van der Waals surface area contributed by atoms with E-state index in [-0.39, 0.29) is 0 Å². The molecule has 0 atom stereocenters. The van der Waals surface area contributed by atoms with Gasteiger partial charge in [0.2, 0.25) is 0 Å². The number of hydrogen-bond donors (Lipinski definition) is 0. The number of halogens is 1. The molecule has 1 fully saturated rings. The average Bonchev–Trinajstić information content (AvgIpc) is 2.25. The lowest BCUT2D eigenvalue weighted by atomic mass is 9.99. The van der Waals surface area contributed by atoms with Crippen LogP contribution in [0, 0.1) is 5.92 Å². The Morgan fingerprint density at radius 2 is 2.07 bits per heavy atom. The number of nitrogens with zero attached hydrogens (tertiary/aromatic N) is 3. The summed E-state index contributed by atoms with van der Waals surface area (Å²) in [7, 11) is 0. The molecule has 0 radical (unpaired) electrons. The molecule has 82 valence electrons.